The number of anilines is 3. The summed E-state index contributed by atoms with van der Waals surface area (Å²) in [5, 5.41) is 7.77. The van der Waals surface area contributed by atoms with Crippen LogP contribution in [0.5, 0.6) is 0 Å². The fourth-order valence-corrected chi connectivity index (χ4v) is 10.7. The van der Waals surface area contributed by atoms with Gasteiger partial charge in [-0.25, -0.2) is 0 Å². The summed E-state index contributed by atoms with van der Waals surface area (Å²) in [6, 6.07) is 73.4. The molecule has 0 bridgehead atoms. The van der Waals surface area contributed by atoms with E-state index in [1.54, 1.807) is 0 Å². The van der Waals surface area contributed by atoms with Crippen LogP contribution in [0, 0.1) is 0 Å². The summed E-state index contributed by atoms with van der Waals surface area (Å²) >= 11 is 3.76. The Hall–Kier alpha value is -6.52. The molecule has 0 radical (unpaired) electrons. The van der Waals surface area contributed by atoms with Gasteiger partial charge in [-0.1, -0.05) is 146 Å². The molecule has 0 N–H and O–H groups in total. The van der Waals surface area contributed by atoms with Crippen LogP contribution in [-0.4, -0.2) is 0 Å². The number of hydrogen-bond donors (Lipinski definition) is 0. The lowest BCUT2D eigenvalue weighted by Gasteiger charge is -2.27. The molecule has 11 rings (SSSR count). The minimum absolute atomic E-state index is 1.11. The molecule has 3 heteroatoms. The molecule has 2 aromatic heterocycles. The summed E-state index contributed by atoms with van der Waals surface area (Å²) in [5.41, 5.74) is 10.7. The first-order chi connectivity index (χ1) is 27.2. The number of nitrogens with zero attached hydrogens (tertiary/aromatic N) is 1. The van der Waals surface area contributed by atoms with Crippen molar-refractivity contribution in [2.45, 2.75) is 0 Å². The van der Waals surface area contributed by atoms with Crippen molar-refractivity contribution in [1.29, 1.82) is 0 Å². The van der Waals surface area contributed by atoms with Gasteiger partial charge >= 0.3 is 0 Å². The van der Waals surface area contributed by atoms with Crippen LogP contribution in [0.2, 0.25) is 0 Å². The Kier molecular flexibility index (Phi) is 7.61. The predicted octanol–water partition coefficient (Wildman–Crippen LogP) is 16.0. The van der Waals surface area contributed by atoms with Crippen molar-refractivity contribution in [3.05, 3.63) is 200 Å². The number of thiophene rings is 2. The fourth-order valence-electron chi connectivity index (χ4n) is 8.19. The molecule has 11 aromatic rings. The first-order valence-electron chi connectivity index (χ1n) is 18.7. The first kappa shape index (κ1) is 32.0. The van der Waals surface area contributed by atoms with Gasteiger partial charge < -0.3 is 4.90 Å². The topological polar surface area (TPSA) is 3.24 Å². The molecule has 0 atom stereocenters. The van der Waals surface area contributed by atoms with Crippen LogP contribution in [0.4, 0.5) is 17.1 Å². The largest absolute Gasteiger partial charge is 0.310 e. The molecule has 0 aliphatic rings. The maximum atomic E-state index is 2.41. The maximum Gasteiger partial charge on any atom is 0.0467 e. The van der Waals surface area contributed by atoms with Crippen molar-refractivity contribution in [3.8, 4) is 33.4 Å². The number of hydrogen-bond acceptors (Lipinski definition) is 3. The molecule has 0 aliphatic carbocycles. The van der Waals surface area contributed by atoms with Gasteiger partial charge in [-0.05, 0) is 98.8 Å². The SMILES string of the molecule is c1cc(-c2ccc3ccccc3c2)cc(N(c2ccc(-c3cccc4c3sc3ccccc34)cc2)c2cccc(-c3cccc4c3sc3ccccc34)c2)c1. The lowest BCUT2D eigenvalue weighted by Crippen LogP contribution is -2.10. The molecule has 0 saturated heterocycles. The fraction of sp³-hybridized carbons (Fsp3) is 0. The average molecular weight is 736 g/mol. The van der Waals surface area contributed by atoms with Crippen LogP contribution in [0.3, 0.4) is 0 Å². The van der Waals surface area contributed by atoms with Crippen LogP contribution in [0.25, 0.3) is 84.5 Å². The minimum Gasteiger partial charge on any atom is -0.310 e. The third kappa shape index (κ3) is 5.51. The molecular weight excluding hydrogens is 703 g/mol. The normalized spacial score (nSPS) is 11.6. The highest BCUT2D eigenvalue weighted by atomic mass is 32.1. The molecule has 55 heavy (non-hydrogen) atoms. The van der Waals surface area contributed by atoms with E-state index in [0.717, 1.165) is 17.1 Å². The minimum atomic E-state index is 1.11. The van der Waals surface area contributed by atoms with Gasteiger partial charge in [0.2, 0.25) is 0 Å². The molecule has 0 spiro atoms. The van der Waals surface area contributed by atoms with Gasteiger partial charge in [0.1, 0.15) is 0 Å². The Balaban J connectivity index is 1.06. The molecule has 258 valence electrons. The zero-order valence-corrected chi connectivity index (χ0v) is 31.4. The van der Waals surface area contributed by atoms with Gasteiger partial charge in [0, 0.05) is 57.4 Å². The summed E-state index contributed by atoms with van der Waals surface area (Å²) in [7, 11) is 0. The average Bonchev–Trinajstić information content (AvgIpc) is 3.83. The Morgan fingerprint density at radius 1 is 0.291 bits per heavy atom. The summed E-state index contributed by atoms with van der Waals surface area (Å²) in [4.78, 5) is 2.41. The maximum absolute atomic E-state index is 2.41. The highest BCUT2D eigenvalue weighted by Crippen LogP contribution is 2.44. The predicted molar refractivity (Wildman–Crippen MR) is 241 cm³/mol. The monoisotopic (exact) mass is 735 g/mol. The second kappa shape index (κ2) is 13.1. The van der Waals surface area contributed by atoms with Crippen LogP contribution in [0.15, 0.2) is 200 Å². The van der Waals surface area contributed by atoms with Crippen LogP contribution < -0.4 is 4.90 Å². The van der Waals surface area contributed by atoms with Gasteiger partial charge in [0.15, 0.2) is 0 Å². The van der Waals surface area contributed by atoms with E-state index in [9.17, 15) is 0 Å². The Morgan fingerprint density at radius 2 is 0.782 bits per heavy atom. The quantitative estimate of drug-likeness (QED) is 0.164. The Bertz CT molecular complexity index is 3220. The molecule has 9 aromatic carbocycles. The van der Waals surface area contributed by atoms with Crippen LogP contribution >= 0.6 is 22.7 Å². The van der Waals surface area contributed by atoms with Crippen molar-refractivity contribution in [3.63, 3.8) is 0 Å². The van der Waals surface area contributed by atoms with Gasteiger partial charge in [-0.2, -0.15) is 0 Å². The third-order valence-electron chi connectivity index (χ3n) is 10.8. The summed E-state index contributed by atoms with van der Waals surface area (Å²) in [5.74, 6) is 0. The summed E-state index contributed by atoms with van der Waals surface area (Å²) < 4.78 is 5.30. The summed E-state index contributed by atoms with van der Waals surface area (Å²) in [6.07, 6.45) is 0. The van der Waals surface area contributed by atoms with Crippen LogP contribution in [0.1, 0.15) is 0 Å². The van der Waals surface area contributed by atoms with E-state index < -0.39 is 0 Å². The molecule has 1 nitrogen and oxygen atoms in total. The lowest BCUT2D eigenvalue weighted by molar-refractivity contribution is 1.28. The molecule has 2 heterocycles. The van der Waals surface area contributed by atoms with E-state index in [4.69, 9.17) is 0 Å². The zero-order valence-electron chi connectivity index (χ0n) is 29.8. The number of rotatable bonds is 6. The smallest absolute Gasteiger partial charge is 0.0467 e. The summed E-state index contributed by atoms with van der Waals surface area (Å²) in [6.45, 7) is 0. The molecule has 0 unspecified atom stereocenters. The van der Waals surface area contributed by atoms with Crippen molar-refractivity contribution in [1.82, 2.24) is 0 Å². The van der Waals surface area contributed by atoms with Crippen molar-refractivity contribution >= 4 is 90.9 Å². The van der Waals surface area contributed by atoms with E-state index in [2.05, 4.69) is 205 Å². The van der Waals surface area contributed by atoms with E-state index in [-0.39, 0.29) is 0 Å². The third-order valence-corrected chi connectivity index (χ3v) is 13.3. The molecule has 0 aliphatic heterocycles. The standard InChI is InChI=1S/C52H33NS2/c1-2-12-36-31-38(26-25-34(36)11-1)37-13-7-15-41(32-37)53(40-29-27-35(28-30-40)43-19-9-21-47-45-17-3-5-23-49(45)54-51(43)47)42-16-8-14-39(33-42)44-20-10-22-48-46-18-4-6-24-50(46)55-52(44)48/h1-33H. The molecule has 0 amide bonds. The molecule has 0 saturated carbocycles. The van der Waals surface area contributed by atoms with Crippen molar-refractivity contribution < 1.29 is 0 Å². The lowest BCUT2D eigenvalue weighted by atomic mass is 9.99. The second-order valence-electron chi connectivity index (χ2n) is 14.1. The van der Waals surface area contributed by atoms with Gasteiger partial charge in [-0.15, -0.1) is 22.7 Å². The first-order valence-corrected chi connectivity index (χ1v) is 20.3. The van der Waals surface area contributed by atoms with Gasteiger partial charge in [0.25, 0.3) is 0 Å². The Labute approximate surface area is 327 Å². The highest BCUT2D eigenvalue weighted by molar-refractivity contribution is 7.26. The Morgan fingerprint density at radius 3 is 1.45 bits per heavy atom. The van der Waals surface area contributed by atoms with E-state index >= 15 is 0 Å². The zero-order chi connectivity index (χ0) is 36.3. The number of fused-ring (bicyclic) bond motifs is 7. The number of benzene rings is 9. The molecule has 0 fully saturated rings. The molecular formula is C52H33NS2. The van der Waals surface area contributed by atoms with Crippen molar-refractivity contribution in [2.24, 2.45) is 0 Å². The van der Waals surface area contributed by atoms with Gasteiger partial charge in [0.05, 0.1) is 0 Å². The van der Waals surface area contributed by atoms with Gasteiger partial charge in [-0.3, -0.25) is 0 Å². The van der Waals surface area contributed by atoms with E-state index in [1.807, 2.05) is 22.7 Å². The second-order valence-corrected chi connectivity index (χ2v) is 16.2. The van der Waals surface area contributed by atoms with E-state index in [0.29, 0.717) is 0 Å². The highest BCUT2D eigenvalue weighted by Gasteiger charge is 2.18. The van der Waals surface area contributed by atoms with Crippen molar-refractivity contribution in [2.75, 3.05) is 4.90 Å². The van der Waals surface area contributed by atoms with Crippen LogP contribution in [-0.2, 0) is 0 Å². The van der Waals surface area contributed by atoms with E-state index in [1.165, 1.54) is 84.5 Å².